The van der Waals surface area contributed by atoms with Gasteiger partial charge in [-0.25, -0.2) is 9.78 Å². The van der Waals surface area contributed by atoms with Gasteiger partial charge in [-0.3, -0.25) is 0 Å². The number of halogens is 1. The number of nitriles is 1. The van der Waals surface area contributed by atoms with Gasteiger partial charge < -0.3 is 9.64 Å². The molecule has 0 bridgehead atoms. The zero-order valence-electron chi connectivity index (χ0n) is 9.89. The summed E-state index contributed by atoms with van der Waals surface area (Å²) in [6, 6.07) is 3.19. The molecule has 6 heteroatoms. The lowest BCUT2D eigenvalue weighted by atomic mass is 10.2. The first-order valence-electron chi connectivity index (χ1n) is 5.57. The number of methoxy groups -OCH3 is 1. The maximum absolute atomic E-state index is 11.6. The number of nitrogens with zero attached hydrogens (tertiary/aromatic N) is 3. The smallest absolute Gasteiger partial charge is 0.328 e. The number of carbonyl (C=O) groups is 1. The molecule has 2 heterocycles. The highest BCUT2D eigenvalue weighted by Gasteiger charge is 2.33. The Morgan fingerprint density at radius 2 is 2.50 bits per heavy atom. The zero-order chi connectivity index (χ0) is 13.1. The summed E-state index contributed by atoms with van der Waals surface area (Å²) < 4.78 is 4.77. The highest BCUT2D eigenvalue weighted by Crippen LogP contribution is 2.30. The van der Waals surface area contributed by atoms with Crippen LogP contribution in [-0.4, -0.2) is 30.6 Å². The van der Waals surface area contributed by atoms with E-state index in [2.05, 4.69) is 4.98 Å². The van der Waals surface area contributed by atoms with Gasteiger partial charge in [-0.1, -0.05) is 11.6 Å². The standard InChI is InChI=1S/C12H12ClN3O2/c1-18-12(17)10-3-2-4-16(10)11-9(13)5-8(6-14)7-15-11/h5,7,10H,2-4H2,1H3/t10-/m0/s1. The molecular formula is C12H12ClN3O2. The average molecular weight is 266 g/mol. The van der Waals surface area contributed by atoms with Crippen molar-refractivity contribution in [2.24, 2.45) is 0 Å². The molecule has 1 aliphatic rings. The second-order valence-corrected chi connectivity index (χ2v) is 4.42. The minimum absolute atomic E-state index is 0.283. The Morgan fingerprint density at radius 1 is 1.72 bits per heavy atom. The normalized spacial score (nSPS) is 18.5. The van der Waals surface area contributed by atoms with E-state index in [1.54, 1.807) is 6.07 Å². The van der Waals surface area contributed by atoms with Crippen LogP contribution in [0.25, 0.3) is 0 Å². The number of esters is 1. The molecule has 0 unspecified atom stereocenters. The van der Waals surface area contributed by atoms with Crippen LogP contribution < -0.4 is 4.90 Å². The molecular weight excluding hydrogens is 254 g/mol. The molecule has 0 N–H and O–H groups in total. The van der Waals surface area contributed by atoms with Gasteiger partial charge in [-0.05, 0) is 18.9 Å². The van der Waals surface area contributed by atoms with E-state index in [4.69, 9.17) is 21.6 Å². The monoisotopic (exact) mass is 265 g/mol. The Kier molecular flexibility index (Phi) is 3.68. The fourth-order valence-electron chi connectivity index (χ4n) is 2.10. The van der Waals surface area contributed by atoms with E-state index in [1.165, 1.54) is 13.3 Å². The van der Waals surface area contributed by atoms with E-state index < -0.39 is 0 Å². The van der Waals surface area contributed by atoms with E-state index in [0.29, 0.717) is 22.9 Å². The molecule has 94 valence electrons. The van der Waals surface area contributed by atoms with Gasteiger partial charge in [0.25, 0.3) is 0 Å². The second-order valence-electron chi connectivity index (χ2n) is 4.02. The van der Waals surface area contributed by atoms with Crippen molar-refractivity contribution in [3.8, 4) is 6.07 Å². The summed E-state index contributed by atoms with van der Waals surface area (Å²) >= 11 is 6.09. The van der Waals surface area contributed by atoms with Crippen LogP contribution in [-0.2, 0) is 9.53 Å². The summed E-state index contributed by atoms with van der Waals surface area (Å²) in [5.41, 5.74) is 0.401. The van der Waals surface area contributed by atoms with E-state index in [1.807, 2.05) is 11.0 Å². The molecule has 0 saturated carbocycles. The zero-order valence-corrected chi connectivity index (χ0v) is 10.6. The number of rotatable bonds is 2. The molecule has 1 aromatic heterocycles. The molecule has 0 radical (unpaired) electrons. The van der Waals surface area contributed by atoms with Gasteiger partial charge in [0, 0.05) is 12.7 Å². The minimum Gasteiger partial charge on any atom is -0.467 e. The molecule has 0 aliphatic carbocycles. The van der Waals surface area contributed by atoms with E-state index in [0.717, 1.165) is 12.8 Å². The van der Waals surface area contributed by atoms with Crippen molar-refractivity contribution in [3.05, 3.63) is 22.8 Å². The number of aromatic nitrogens is 1. The number of hydrogen-bond donors (Lipinski definition) is 0. The van der Waals surface area contributed by atoms with Crippen molar-refractivity contribution < 1.29 is 9.53 Å². The molecule has 18 heavy (non-hydrogen) atoms. The SMILES string of the molecule is COC(=O)[C@@H]1CCCN1c1ncc(C#N)cc1Cl. The highest BCUT2D eigenvalue weighted by atomic mass is 35.5. The quantitative estimate of drug-likeness (QED) is 0.762. The number of anilines is 1. The molecule has 2 rings (SSSR count). The Bertz CT molecular complexity index is 513. The second kappa shape index (κ2) is 5.23. The molecule has 1 aromatic rings. The van der Waals surface area contributed by atoms with E-state index in [-0.39, 0.29) is 12.0 Å². The lowest BCUT2D eigenvalue weighted by molar-refractivity contribution is -0.141. The van der Waals surface area contributed by atoms with Crippen LogP contribution in [0, 0.1) is 11.3 Å². The number of hydrogen-bond acceptors (Lipinski definition) is 5. The lowest BCUT2D eigenvalue weighted by Crippen LogP contribution is -2.37. The van der Waals surface area contributed by atoms with Crippen LogP contribution in [0.4, 0.5) is 5.82 Å². The van der Waals surface area contributed by atoms with E-state index in [9.17, 15) is 4.79 Å². The van der Waals surface area contributed by atoms with Crippen LogP contribution in [0.2, 0.25) is 5.02 Å². The molecule has 1 aliphatic heterocycles. The summed E-state index contributed by atoms with van der Waals surface area (Å²) in [5.74, 6) is 0.248. The first kappa shape index (κ1) is 12.7. The predicted molar refractivity (Wildman–Crippen MR) is 66.3 cm³/mol. The van der Waals surface area contributed by atoms with Gasteiger partial charge in [-0.15, -0.1) is 0 Å². The van der Waals surface area contributed by atoms with Gasteiger partial charge in [0.2, 0.25) is 0 Å². The summed E-state index contributed by atoms with van der Waals surface area (Å²) in [6.07, 6.45) is 3.07. The Labute approximate surface area is 110 Å². The van der Waals surface area contributed by atoms with Crippen molar-refractivity contribution in [2.45, 2.75) is 18.9 Å². The Hall–Kier alpha value is -1.80. The van der Waals surface area contributed by atoms with Crippen LogP contribution in [0.15, 0.2) is 12.3 Å². The molecule has 1 saturated heterocycles. The average Bonchev–Trinajstić information content (AvgIpc) is 2.86. The van der Waals surface area contributed by atoms with Gasteiger partial charge in [-0.2, -0.15) is 5.26 Å². The molecule has 5 nitrogen and oxygen atoms in total. The summed E-state index contributed by atoms with van der Waals surface area (Å²) in [4.78, 5) is 17.6. The van der Waals surface area contributed by atoms with Crippen LogP contribution >= 0.6 is 11.6 Å². The van der Waals surface area contributed by atoms with Gasteiger partial charge in [0.15, 0.2) is 0 Å². The van der Waals surface area contributed by atoms with E-state index >= 15 is 0 Å². The lowest BCUT2D eigenvalue weighted by Gasteiger charge is -2.24. The summed E-state index contributed by atoms with van der Waals surface area (Å²) in [7, 11) is 1.37. The minimum atomic E-state index is -0.340. The van der Waals surface area contributed by atoms with Crippen molar-refractivity contribution in [2.75, 3.05) is 18.6 Å². The van der Waals surface area contributed by atoms with Crippen molar-refractivity contribution in [3.63, 3.8) is 0 Å². The van der Waals surface area contributed by atoms with Crippen molar-refractivity contribution in [1.82, 2.24) is 4.98 Å². The third-order valence-corrected chi connectivity index (χ3v) is 3.23. The number of carbonyl (C=O) groups excluding carboxylic acids is 1. The summed E-state index contributed by atoms with van der Waals surface area (Å²) in [5, 5.41) is 9.14. The fourth-order valence-corrected chi connectivity index (χ4v) is 2.38. The first-order chi connectivity index (χ1) is 8.67. The Balaban J connectivity index is 2.31. The van der Waals surface area contributed by atoms with Crippen molar-refractivity contribution >= 4 is 23.4 Å². The predicted octanol–water partition coefficient (Wildman–Crippen LogP) is 1.75. The molecule has 0 amide bonds. The van der Waals surface area contributed by atoms with Crippen LogP contribution in [0.5, 0.6) is 0 Å². The molecule has 0 spiro atoms. The van der Waals surface area contributed by atoms with Crippen LogP contribution in [0.3, 0.4) is 0 Å². The third-order valence-electron chi connectivity index (χ3n) is 2.95. The first-order valence-corrected chi connectivity index (χ1v) is 5.95. The maximum atomic E-state index is 11.6. The maximum Gasteiger partial charge on any atom is 0.328 e. The van der Waals surface area contributed by atoms with Crippen molar-refractivity contribution in [1.29, 1.82) is 5.26 Å². The number of pyridine rings is 1. The van der Waals surface area contributed by atoms with Gasteiger partial charge in [0.05, 0.1) is 17.7 Å². The highest BCUT2D eigenvalue weighted by molar-refractivity contribution is 6.33. The largest absolute Gasteiger partial charge is 0.467 e. The van der Waals surface area contributed by atoms with Gasteiger partial charge in [0.1, 0.15) is 17.9 Å². The summed E-state index contributed by atoms with van der Waals surface area (Å²) in [6.45, 7) is 0.707. The topological polar surface area (TPSA) is 66.2 Å². The number of ether oxygens (including phenoxy) is 1. The Morgan fingerprint density at radius 3 is 3.11 bits per heavy atom. The third kappa shape index (κ3) is 2.24. The molecule has 0 aromatic carbocycles. The fraction of sp³-hybridized carbons (Fsp3) is 0.417. The molecule has 1 fully saturated rings. The molecule has 1 atom stereocenters. The van der Waals surface area contributed by atoms with Gasteiger partial charge >= 0.3 is 5.97 Å². The van der Waals surface area contributed by atoms with Crippen LogP contribution in [0.1, 0.15) is 18.4 Å².